The third-order valence-electron chi connectivity index (χ3n) is 8.53. The first-order chi connectivity index (χ1) is 21.7. The second-order valence-corrected chi connectivity index (χ2v) is 11.9. The van der Waals surface area contributed by atoms with E-state index in [4.69, 9.17) is 20.3 Å². The number of piperidine rings is 1. The van der Waals surface area contributed by atoms with Gasteiger partial charge in [-0.3, -0.25) is 14.4 Å². The number of pyridine rings is 1. The zero-order valence-corrected chi connectivity index (χ0v) is 25.4. The van der Waals surface area contributed by atoms with Crippen molar-refractivity contribution in [2.24, 2.45) is 0 Å². The maximum absolute atomic E-state index is 15.6. The summed E-state index contributed by atoms with van der Waals surface area (Å²) in [6.07, 6.45) is 4.84. The summed E-state index contributed by atoms with van der Waals surface area (Å²) in [7, 11) is 0. The van der Waals surface area contributed by atoms with Gasteiger partial charge in [0.2, 0.25) is 0 Å². The first-order valence-electron chi connectivity index (χ1n) is 15.2. The van der Waals surface area contributed by atoms with Crippen LogP contribution in [0.3, 0.4) is 0 Å². The van der Waals surface area contributed by atoms with Crippen LogP contribution in [-0.4, -0.2) is 75.4 Å². The number of hydrogen-bond donors (Lipinski definition) is 1. The molecule has 2 aromatic carbocycles. The predicted octanol–water partition coefficient (Wildman–Crippen LogP) is 5.34. The number of rotatable bonds is 7. The molecule has 1 amide bonds. The molecule has 0 spiro atoms. The van der Waals surface area contributed by atoms with E-state index in [1.54, 1.807) is 47.5 Å². The van der Waals surface area contributed by atoms with E-state index in [9.17, 15) is 10.1 Å². The number of likely N-dealkylation sites (tertiary alicyclic amines) is 1. The van der Waals surface area contributed by atoms with Crippen molar-refractivity contribution >= 4 is 22.6 Å². The van der Waals surface area contributed by atoms with Crippen molar-refractivity contribution in [2.45, 2.75) is 38.3 Å². The highest BCUT2D eigenvalue weighted by Crippen LogP contribution is 2.37. The van der Waals surface area contributed by atoms with Crippen LogP contribution in [0.15, 0.2) is 72.4 Å². The fourth-order valence-electron chi connectivity index (χ4n) is 6.19. The Morgan fingerprint density at radius 1 is 1.13 bits per heavy atom. The summed E-state index contributed by atoms with van der Waals surface area (Å²) >= 11 is 0. The molecule has 10 nitrogen and oxygen atoms in total. The number of para-hydroxylation sites is 1. The first-order valence-corrected chi connectivity index (χ1v) is 15.2. The Morgan fingerprint density at radius 3 is 2.64 bits per heavy atom. The molecular formula is C34H36FN7O3. The number of morpholine rings is 1. The smallest absolute Gasteiger partial charge is 0.264 e. The number of carbonyl (C=O) groups excluding carboxylic acids is 1. The molecule has 11 heteroatoms. The van der Waals surface area contributed by atoms with Crippen LogP contribution in [0.25, 0.3) is 22.2 Å². The Balaban J connectivity index is 1.28. The molecule has 2 aromatic heterocycles. The van der Waals surface area contributed by atoms with E-state index < -0.39 is 11.4 Å². The van der Waals surface area contributed by atoms with Gasteiger partial charge >= 0.3 is 0 Å². The monoisotopic (exact) mass is 609 g/mol. The fraction of sp³-hybridized carbons (Fsp3) is 0.353. The molecule has 2 aliphatic rings. The lowest BCUT2D eigenvalue weighted by Gasteiger charge is -2.39. The van der Waals surface area contributed by atoms with Gasteiger partial charge in [-0.05, 0) is 63.1 Å². The highest BCUT2D eigenvalue weighted by atomic mass is 19.1. The summed E-state index contributed by atoms with van der Waals surface area (Å²) in [6, 6.07) is 17.6. The van der Waals surface area contributed by atoms with Gasteiger partial charge in [0, 0.05) is 49.5 Å². The van der Waals surface area contributed by atoms with Crippen molar-refractivity contribution in [1.29, 1.82) is 5.26 Å². The van der Waals surface area contributed by atoms with Gasteiger partial charge in [-0.15, -0.1) is 0 Å². The number of benzene rings is 2. The Morgan fingerprint density at radius 2 is 1.91 bits per heavy atom. The minimum atomic E-state index is -0.509. The van der Waals surface area contributed by atoms with Crippen molar-refractivity contribution in [3.63, 3.8) is 0 Å². The van der Waals surface area contributed by atoms with E-state index in [1.807, 2.05) is 36.7 Å². The zero-order chi connectivity index (χ0) is 31.6. The molecule has 0 radical (unpaired) electrons. The van der Waals surface area contributed by atoms with Crippen molar-refractivity contribution in [1.82, 2.24) is 24.6 Å². The second kappa shape index (κ2) is 12.7. The number of carbonyl (C=O) groups is 1. The lowest BCUT2D eigenvalue weighted by atomic mass is 9.97. The maximum atomic E-state index is 15.6. The SMILES string of the molecule is CC(C)(/C=C(\C#N)C(=O)N1CCCC(n2nc(-c3ccc(Oc4ccccc4)cc3F)c3c(N)nccc32)C1)N1CCOCC1. The second-order valence-electron chi connectivity index (χ2n) is 11.9. The normalized spacial score (nSPS) is 18.1. The largest absolute Gasteiger partial charge is 0.457 e. The van der Waals surface area contributed by atoms with Crippen LogP contribution in [0.5, 0.6) is 11.5 Å². The third-order valence-corrected chi connectivity index (χ3v) is 8.53. The highest BCUT2D eigenvalue weighted by molar-refractivity contribution is 6.00. The van der Waals surface area contributed by atoms with E-state index in [-0.39, 0.29) is 28.9 Å². The van der Waals surface area contributed by atoms with Crippen LogP contribution in [-0.2, 0) is 9.53 Å². The molecule has 6 rings (SSSR count). The molecule has 4 aromatic rings. The van der Waals surface area contributed by atoms with E-state index >= 15 is 4.39 Å². The van der Waals surface area contributed by atoms with Gasteiger partial charge in [0.1, 0.15) is 40.5 Å². The number of anilines is 1. The number of hydrogen-bond acceptors (Lipinski definition) is 8. The van der Waals surface area contributed by atoms with E-state index in [1.165, 1.54) is 6.07 Å². The molecule has 232 valence electrons. The van der Waals surface area contributed by atoms with Crippen molar-refractivity contribution in [3.8, 4) is 28.8 Å². The van der Waals surface area contributed by atoms with Gasteiger partial charge in [0.15, 0.2) is 0 Å². The van der Waals surface area contributed by atoms with Gasteiger partial charge < -0.3 is 20.1 Å². The molecule has 0 saturated carbocycles. The number of fused-ring (bicyclic) bond motifs is 1. The lowest BCUT2D eigenvalue weighted by molar-refractivity contribution is -0.128. The van der Waals surface area contributed by atoms with Crippen LogP contribution in [0.4, 0.5) is 10.2 Å². The average Bonchev–Trinajstić information content (AvgIpc) is 3.45. The Labute approximate surface area is 261 Å². The molecule has 0 aliphatic carbocycles. The summed E-state index contributed by atoms with van der Waals surface area (Å²) in [5.74, 6) is 0.383. The van der Waals surface area contributed by atoms with E-state index in [2.05, 4.69) is 16.0 Å². The molecule has 2 saturated heterocycles. The topological polar surface area (TPSA) is 123 Å². The summed E-state index contributed by atoms with van der Waals surface area (Å²) in [6.45, 7) is 7.61. The van der Waals surface area contributed by atoms with Crippen molar-refractivity contribution in [2.75, 3.05) is 45.1 Å². The minimum absolute atomic E-state index is 0.117. The summed E-state index contributed by atoms with van der Waals surface area (Å²) in [5, 5.41) is 15.4. The van der Waals surface area contributed by atoms with Crippen LogP contribution in [0.2, 0.25) is 0 Å². The Bertz CT molecular complexity index is 1770. The number of nitriles is 1. The molecule has 4 heterocycles. The third kappa shape index (κ3) is 6.25. The lowest BCUT2D eigenvalue weighted by Crippen LogP contribution is -2.49. The first kappa shape index (κ1) is 30.2. The van der Waals surface area contributed by atoms with E-state index in [0.29, 0.717) is 54.4 Å². The number of nitrogens with two attached hydrogens (primary N) is 1. The van der Waals surface area contributed by atoms with Gasteiger partial charge in [-0.25, -0.2) is 9.37 Å². The molecule has 2 fully saturated rings. The quantitative estimate of drug-likeness (QED) is 0.220. The molecule has 1 unspecified atom stereocenters. The molecular weight excluding hydrogens is 573 g/mol. The van der Waals surface area contributed by atoms with Crippen LogP contribution in [0.1, 0.15) is 32.7 Å². The number of nitrogens with zero attached hydrogens (tertiary/aromatic N) is 6. The van der Waals surface area contributed by atoms with E-state index in [0.717, 1.165) is 25.9 Å². The van der Waals surface area contributed by atoms with Crippen molar-refractivity contribution < 1.29 is 18.7 Å². The number of halogens is 1. The Kier molecular flexibility index (Phi) is 8.52. The van der Waals surface area contributed by atoms with Gasteiger partial charge in [-0.2, -0.15) is 10.4 Å². The van der Waals surface area contributed by atoms with Crippen LogP contribution in [0, 0.1) is 17.1 Å². The molecule has 45 heavy (non-hydrogen) atoms. The zero-order valence-electron chi connectivity index (χ0n) is 25.4. The number of nitrogen functional groups attached to an aromatic ring is 1. The number of ether oxygens (including phenoxy) is 2. The molecule has 2 N–H and O–H groups in total. The summed E-state index contributed by atoms with van der Waals surface area (Å²) in [4.78, 5) is 21.9. The standard InChI is InChI=1S/C34H36FN7O3/c1-34(2,41-15-17-44-18-16-41)20-23(21-36)33(43)40-14-6-7-24(22-40)42-29-12-13-38-32(37)30(29)31(39-42)27-11-10-26(19-28(27)35)45-25-8-4-3-5-9-25/h3-5,8-13,19-20,24H,6-7,14-18,22H2,1-2H3,(H2,37,38)/b23-20+. The van der Waals surface area contributed by atoms with Crippen molar-refractivity contribution in [3.05, 3.63) is 78.3 Å². The average molecular weight is 610 g/mol. The van der Waals surface area contributed by atoms with Crippen LogP contribution < -0.4 is 10.5 Å². The fourth-order valence-corrected chi connectivity index (χ4v) is 6.19. The van der Waals surface area contributed by atoms with Crippen LogP contribution >= 0.6 is 0 Å². The molecule has 1 atom stereocenters. The van der Waals surface area contributed by atoms with Gasteiger partial charge in [0.25, 0.3) is 5.91 Å². The summed E-state index contributed by atoms with van der Waals surface area (Å²) < 4.78 is 28.7. The van der Waals surface area contributed by atoms with Gasteiger partial charge in [-0.1, -0.05) is 18.2 Å². The van der Waals surface area contributed by atoms with Gasteiger partial charge in [0.05, 0.1) is 30.2 Å². The number of amides is 1. The molecule has 2 aliphatic heterocycles. The summed E-state index contributed by atoms with van der Waals surface area (Å²) in [5.41, 5.74) is 7.31. The number of aromatic nitrogens is 3. The highest BCUT2D eigenvalue weighted by Gasteiger charge is 2.32. The molecule has 0 bridgehead atoms. The Hall–Kier alpha value is -4.79. The predicted molar refractivity (Wildman–Crippen MR) is 169 cm³/mol. The maximum Gasteiger partial charge on any atom is 0.264 e. The minimum Gasteiger partial charge on any atom is -0.457 e.